The number of thiol groups is 1. The molecule has 0 saturated carbocycles. The number of guanidine groups is 1. The molecule has 4 unspecified atom stereocenters. The minimum Gasteiger partial charge on any atom is -0.480 e. The van der Waals surface area contributed by atoms with Gasteiger partial charge in [-0.2, -0.15) is 12.6 Å². The third-order valence-corrected chi connectivity index (χ3v) is 5.39. The van der Waals surface area contributed by atoms with Crippen LogP contribution in [0.5, 0.6) is 0 Å². The predicted molar refractivity (Wildman–Crippen MR) is 138 cm³/mol. The largest absolute Gasteiger partial charge is 0.480 e. The maximum Gasteiger partial charge on any atom is 0.327 e. The van der Waals surface area contributed by atoms with Gasteiger partial charge in [-0.15, -0.1) is 0 Å². The fourth-order valence-corrected chi connectivity index (χ4v) is 3.37. The molecule has 0 heterocycles. The van der Waals surface area contributed by atoms with E-state index in [1.165, 1.54) is 0 Å². The van der Waals surface area contributed by atoms with E-state index >= 15 is 0 Å². The minimum atomic E-state index is -1.23. The van der Waals surface area contributed by atoms with Crippen LogP contribution in [-0.4, -0.2) is 77.8 Å². The van der Waals surface area contributed by atoms with E-state index in [0.29, 0.717) is 45.2 Å². The molecule has 0 saturated heterocycles. The number of carbonyl (C=O) groups excluding carboxylic acids is 3. The molecule has 0 fully saturated rings. The summed E-state index contributed by atoms with van der Waals surface area (Å²) in [4.78, 5) is 53.5. The lowest BCUT2D eigenvalue weighted by molar-refractivity contribution is -0.141. The fraction of sp³-hybridized carbons (Fsp3) is 0.762. The Morgan fingerprint density at radius 1 is 0.886 bits per heavy atom. The number of aliphatic carboxylic acids is 1. The first kappa shape index (κ1) is 32.4. The van der Waals surface area contributed by atoms with Crippen molar-refractivity contribution in [2.75, 3.05) is 18.8 Å². The van der Waals surface area contributed by atoms with Gasteiger partial charge in [0.25, 0.3) is 0 Å². The molecule has 0 bridgehead atoms. The van der Waals surface area contributed by atoms with Crippen LogP contribution in [0, 0.1) is 5.92 Å². The Morgan fingerprint density at radius 3 is 1.97 bits per heavy atom. The van der Waals surface area contributed by atoms with Crippen LogP contribution in [0.4, 0.5) is 0 Å². The van der Waals surface area contributed by atoms with Gasteiger partial charge in [0, 0.05) is 12.3 Å². The molecule has 0 aliphatic rings. The van der Waals surface area contributed by atoms with Crippen LogP contribution in [0.3, 0.4) is 0 Å². The third kappa shape index (κ3) is 14.4. The van der Waals surface area contributed by atoms with E-state index in [1.807, 2.05) is 13.8 Å². The van der Waals surface area contributed by atoms with Crippen molar-refractivity contribution in [1.82, 2.24) is 16.0 Å². The van der Waals surface area contributed by atoms with Crippen LogP contribution in [0.25, 0.3) is 0 Å². The van der Waals surface area contributed by atoms with Crippen molar-refractivity contribution in [1.29, 1.82) is 0 Å². The number of nitrogens with two attached hydrogens (primary N) is 4. The highest BCUT2D eigenvalue weighted by atomic mass is 32.1. The summed E-state index contributed by atoms with van der Waals surface area (Å²) in [6, 6.07) is -4.02. The monoisotopic (exact) mass is 518 g/mol. The second-order valence-electron chi connectivity index (χ2n) is 8.67. The van der Waals surface area contributed by atoms with Crippen molar-refractivity contribution in [2.45, 2.75) is 76.5 Å². The number of carbonyl (C=O) groups is 4. The lowest BCUT2D eigenvalue weighted by Gasteiger charge is -2.26. The molecule has 13 nitrogen and oxygen atoms in total. The van der Waals surface area contributed by atoms with E-state index in [1.54, 1.807) is 0 Å². The number of carboxylic acids is 1. The average molecular weight is 519 g/mol. The number of carboxylic acid groups (broad SMARTS) is 1. The van der Waals surface area contributed by atoms with E-state index in [0.717, 1.165) is 0 Å². The number of nitrogens with zero attached hydrogens (tertiary/aromatic N) is 1. The van der Waals surface area contributed by atoms with Gasteiger partial charge in [-0.25, -0.2) is 4.79 Å². The zero-order valence-corrected chi connectivity index (χ0v) is 21.4. The molecule has 4 atom stereocenters. The molecule has 0 aliphatic heterocycles. The summed E-state index contributed by atoms with van der Waals surface area (Å²) >= 11 is 3.94. The minimum absolute atomic E-state index is 0.0225. The molecular weight excluding hydrogens is 476 g/mol. The molecule has 0 aromatic rings. The van der Waals surface area contributed by atoms with Gasteiger partial charge < -0.3 is 44.0 Å². The fourth-order valence-electron chi connectivity index (χ4n) is 3.12. The Kier molecular flexibility index (Phi) is 16.5. The number of aliphatic imine (C=N–C) groups is 1. The molecule has 0 aromatic carbocycles. The standard InChI is InChI=1S/C21H42N8O5S/c1-12(2)10-15(19(32)29-16(11-35)20(33)34)28-18(31)14(7-3-4-8-22)27-17(30)13(23)6-5-9-26-21(24)25/h12-16,35H,3-11,22-23H2,1-2H3,(H,27,30)(H,28,31)(H,29,32)(H,33,34)(H4,24,25,26). The number of hydrogen-bond acceptors (Lipinski definition) is 8. The summed E-state index contributed by atoms with van der Waals surface area (Å²) < 4.78 is 0. The van der Waals surface area contributed by atoms with Crippen molar-refractivity contribution in [3.05, 3.63) is 0 Å². The van der Waals surface area contributed by atoms with Crippen LogP contribution in [0.1, 0.15) is 52.4 Å². The summed E-state index contributed by atoms with van der Waals surface area (Å²) in [6.45, 7) is 4.47. The molecule has 0 aromatic heterocycles. The van der Waals surface area contributed by atoms with E-state index in [9.17, 15) is 24.3 Å². The van der Waals surface area contributed by atoms with Gasteiger partial charge in [-0.3, -0.25) is 19.4 Å². The molecule has 12 N–H and O–H groups in total. The second kappa shape index (κ2) is 17.8. The van der Waals surface area contributed by atoms with Gasteiger partial charge >= 0.3 is 5.97 Å². The van der Waals surface area contributed by atoms with Crippen LogP contribution in [-0.2, 0) is 19.2 Å². The van der Waals surface area contributed by atoms with E-state index < -0.39 is 47.9 Å². The maximum absolute atomic E-state index is 13.1. The summed E-state index contributed by atoms with van der Waals surface area (Å²) in [5.74, 6) is -3.10. The molecule has 14 heteroatoms. The van der Waals surface area contributed by atoms with Crippen LogP contribution in [0.15, 0.2) is 4.99 Å². The SMILES string of the molecule is CC(C)CC(NC(=O)C(CCCCN)NC(=O)C(N)CCCN=C(N)N)C(=O)NC(CS)C(=O)O. The summed E-state index contributed by atoms with van der Waals surface area (Å²) in [5, 5.41) is 16.9. The number of unbranched alkanes of at least 4 members (excludes halogenated alkanes) is 1. The summed E-state index contributed by atoms with van der Waals surface area (Å²) in [7, 11) is 0. The normalized spacial score (nSPS) is 14.3. The Hall–Kier alpha value is -2.58. The van der Waals surface area contributed by atoms with Gasteiger partial charge in [0.15, 0.2) is 5.96 Å². The van der Waals surface area contributed by atoms with Crippen molar-refractivity contribution >= 4 is 42.3 Å². The first-order valence-electron chi connectivity index (χ1n) is 11.7. The van der Waals surface area contributed by atoms with Crippen molar-refractivity contribution < 1.29 is 24.3 Å². The predicted octanol–water partition coefficient (Wildman–Crippen LogP) is -1.99. The van der Waals surface area contributed by atoms with E-state index in [4.69, 9.17) is 22.9 Å². The molecule has 202 valence electrons. The number of rotatable bonds is 18. The van der Waals surface area contributed by atoms with E-state index in [2.05, 4.69) is 33.6 Å². The zero-order chi connectivity index (χ0) is 27.0. The first-order chi connectivity index (χ1) is 16.4. The highest BCUT2D eigenvalue weighted by Gasteiger charge is 2.30. The lowest BCUT2D eigenvalue weighted by atomic mass is 10.0. The van der Waals surface area contributed by atoms with Gasteiger partial charge in [-0.1, -0.05) is 13.8 Å². The van der Waals surface area contributed by atoms with E-state index in [-0.39, 0.29) is 24.1 Å². The molecule has 0 radical (unpaired) electrons. The quantitative estimate of drug-likeness (QED) is 0.0421. The topological polar surface area (TPSA) is 241 Å². The average Bonchev–Trinajstić information content (AvgIpc) is 2.77. The zero-order valence-electron chi connectivity index (χ0n) is 20.5. The summed E-state index contributed by atoms with van der Waals surface area (Å²) in [6.07, 6.45) is 2.55. The Bertz CT molecular complexity index is 718. The summed E-state index contributed by atoms with van der Waals surface area (Å²) in [5.41, 5.74) is 22.0. The highest BCUT2D eigenvalue weighted by Crippen LogP contribution is 2.09. The smallest absolute Gasteiger partial charge is 0.327 e. The van der Waals surface area contributed by atoms with Crippen molar-refractivity contribution in [2.24, 2.45) is 33.8 Å². The molecule has 35 heavy (non-hydrogen) atoms. The van der Waals surface area contributed by atoms with Crippen LogP contribution in [0.2, 0.25) is 0 Å². The van der Waals surface area contributed by atoms with Gasteiger partial charge in [0.1, 0.15) is 18.1 Å². The molecule has 0 aliphatic carbocycles. The number of amides is 3. The highest BCUT2D eigenvalue weighted by molar-refractivity contribution is 7.80. The maximum atomic E-state index is 13.1. The number of hydrogen-bond donors (Lipinski definition) is 9. The first-order valence-corrected chi connectivity index (χ1v) is 12.3. The van der Waals surface area contributed by atoms with Gasteiger partial charge in [-0.05, 0) is 51.0 Å². The van der Waals surface area contributed by atoms with Crippen molar-refractivity contribution in [3.63, 3.8) is 0 Å². The number of nitrogens with one attached hydrogen (secondary N) is 3. The van der Waals surface area contributed by atoms with Crippen molar-refractivity contribution in [3.8, 4) is 0 Å². The van der Waals surface area contributed by atoms with Gasteiger partial charge in [0.2, 0.25) is 17.7 Å². The van der Waals surface area contributed by atoms with Gasteiger partial charge in [0.05, 0.1) is 6.04 Å². The second-order valence-corrected chi connectivity index (χ2v) is 9.04. The Labute approximate surface area is 212 Å². The molecule has 3 amide bonds. The Morgan fingerprint density at radius 2 is 1.46 bits per heavy atom. The third-order valence-electron chi connectivity index (χ3n) is 5.02. The lowest BCUT2D eigenvalue weighted by Crippen LogP contribution is -2.57. The van der Waals surface area contributed by atoms with Crippen LogP contribution >= 0.6 is 12.6 Å². The molecule has 0 spiro atoms. The molecular formula is C21H42N8O5S. The van der Waals surface area contributed by atoms with Crippen LogP contribution < -0.4 is 38.9 Å². The molecule has 0 rings (SSSR count). The Balaban J connectivity index is 5.33.